The number of carbonyl (C=O) groups is 1. The number of nitrogens with one attached hydrogen (secondary N) is 1. The molecule has 3 fully saturated rings. The van der Waals surface area contributed by atoms with E-state index in [1.54, 1.807) is 0 Å². The van der Waals surface area contributed by atoms with Crippen molar-refractivity contribution in [1.29, 1.82) is 0 Å². The summed E-state index contributed by atoms with van der Waals surface area (Å²) in [5.74, 6) is 0.938. The molecule has 5 rings (SSSR count). The first-order valence-corrected chi connectivity index (χ1v) is 10.1. The molecule has 3 saturated carbocycles. The second-order valence-electron chi connectivity index (χ2n) is 7.76. The predicted molar refractivity (Wildman–Crippen MR) is 103 cm³/mol. The summed E-state index contributed by atoms with van der Waals surface area (Å²) < 4.78 is 2.90. The highest BCUT2D eigenvalue weighted by atomic mass is 79.9. The number of carbonyl (C=O) groups excluding carboxylic acids is 1. The molecule has 0 radical (unpaired) electrons. The SMILES string of the molecule is O=C(NCC12CCC(CC1)CC2)c1cn(CCO)c2c(Br)cccc12. The maximum absolute atomic E-state index is 12.9. The van der Waals surface area contributed by atoms with Gasteiger partial charge in [-0.05, 0) is 71.9 Å². The Morgan fingerprint density at radius 3 is 2.68 bits per heavy atom. The third kappa shape index (κ3) is 3.13. The molecule has 0 saturated heterocycles. The van der Waals surface area contributed by atoms with Crippen LogP contribution >= 0.6 is 15.9 Å². The van der Waals surface area contributed by atoms with Crippen LogP contribution in [-0.2, 0) is 6.54 Å². The maximum Gasteiger partial charge on any atom is 0.253 e. The third-order valence-corrected chi connectivity index (χ3v) is 6.95. The molecule has 25 heavy (non-hydrogen) atoms. The van der Waals surface area contributed by atoms with E-state index in [0.717, 1.165) is 27.8 Å². The van der Waals surface area contributed by atoms with Crippen LogP contribution in [-0.4, -0.2) is 28.7 Å². The molecule has 1 amide bonds. The zero-order valence-corrected chi connectivity index (χ0v) is 16.0. The van der Waals surface area contributed by atoms with Gasteiger partial charge in [0.2, 0.25) is 0 Å². The van der Waals surface area contributed by atoms with Crippen molar-refractivity contribution in [2.45, 2.75) is 45.1 Å². The largest absolute Gasteiger partial charge is 0.395 e. The van der Waals surface area contributed by atoms with E-state index >= 15 is 0 Å². The van der Waals surface area contributed by atoms with Crippen LogP contribution in [0.3, 0.4) is 0 Å². The van der Waals surface area contributed by atoms with Gasteiger partial charge in [-0.1, -0.05) is 12.1 Å². The second kappa shape index (κ2) is 6.76. The van der Waals surface area contributed by atoms with E-state index in [-0.39, 0.29) is 12.5 Å². The van der Waals surface area contributed by atoms with Gasteiger partial charge in [-0.3, -0.25) is 4.79 Å². The lowest BCUT2D eigenvalue weighted by molar-refractivity contribution is 0.0598. The van der Waals surface area contributed by atoms with Crippen molar-refractivity contribution >= 4 is 32.7 Å². The van der Waals surface area contributed by atoms with Crippen LogP contribution in [0.4, 0.5) is 0 Å². The van der Waals surface area contributed by atoms with Gasteiger partial charge in [-0.15, -0.1) is 0 Å². The Hall–Kier alpha value is -1.33. The van der Waals surface area contributed by atoms with Crippen LogP contribution in [0.15, 0.2) is 28.9 Å². The minimum absolute atomic E-state index is 0.00172. The Morgan fingerprint density at radius 2 is 2.00 bits per heavy atom. The zero-order chi connectivity index (χ0) is 17.4. The molecule has 1 heterocycles. The summed E-state index contributed by atoms with van der Waals surface area (Å²) in [5, 5.41) is 13.5. The average Bonchev–Trinajstić information content (AvgIpc) is 3.02. The molecule has 2 aromatic rings. The normalized spacial score (nSPS) is 25.4. The summed E-state index contributed by atoms with van der Waals surface area (Å²) in [5.41, 5.74) is 2.00. The standard InChI is InChI=1S/C20H25BrN2O2/c21-17-3-1-2-15-16(12-23(10-11-24)18(15)17)19(25)22-13-20-7-4-14(5-8-20)6-9-20/h1-3,12,14,24H,4-11,13H2,(H,22,25). The van der Waals surface area contributed by atoms with Gasteiger partial charge in [0, 0.05) is 29.1 Å². The molecular weight excluding hydrogens is 380 g/mol. The number of aromatic nitrogens is 1. The van der Waals surface area contributed by atoms with E-state index in [4.69, 9.17) is 0 Å². The zero-order valence-electron chi connectivity index (χ0n) is 14.4. The molecule has 3 aliphatic carbocycles. The molecule has 2 bridgehead atoms. The van der Waals surface area contributed by atoms with Gasteiger partial charge in [-0.2, -0.15) is 0 Å². The molecule has 0 spiro atoms. The fraction of sp³-hybridized carbons (Fsp3) is 0.550. The predicted octanol–water partition coefficient (Wildman–Crippen LogP) is 4.10. The van der Waals surface area contributed by atoms with Crippen molar-refractivity contribution in [2.75, 3.05) is 13.2 Å². The Balaban J connectivity index is 1.57. The van der Waals surface area contributed by atoms with E-state index < -0.39 is 0 Å². The first-order chi connectivity index (χ1) is 12.1. The summed E-state index contributed by atoms with van der Waals surface area (Å²) in [6.45, 7) is 1.33. The van der Waals surface area contributed by atoms with Gasteiger partial charge in [0.1, 0.15) is 0 Å². The highest BCUT2D eigenvalue weighted by molar-refractivity contribution is 9.10. The van der Waals surface area contributed by atoms with Gasteiger partial charge >= 0.3 is 0 Å². The number of benzene rings is 1. The van der Waals surface area contributed by atoms with Crippen molar-refractivity contribution in [1.82, 2.24) is 9.88 Å². The fourth-order valence-electron chi connectivity index (χ4n) is 4.75. The number of amides is 1. The minimum atomic E-state index is 0.00172. The number of para-hydroxylation sites is 1. The number of rotatable bonds is 5. The molecule has 1 aromatic carbocycles. The van der Waals surface area contributed by atoms with Gasteiger partial charge in [0.05, 0.1) is 17.7 Å². The van der Waals surface area contributed by atoms with Crippen molar-refractivity contribution in [3.8, 4) is 0 Å². The Labute approximate surface area is 156 Å². The first-order valence-electron chi connectivity index (χ1n) is 9.28. The molecule has 4 nitrogen and oxygen atoms in total. The van der Waals surface area contributed by atoms with E-state index in [1.165, 1.54) is 38.5 Å². The second-order valence-corrected chi connectivity index (χ2v) is 8.61. The van der Waals surface area contributed by atoms with Crippen molar-refractivity contribution in [3.05, 3.63) is 34.4 Å². The lowest BCUT2D eigenvalue weighted by Crippen LogP contribution is -2.43. The van der Waals surface area contributed by atoms with Crippen LogP contribution in [0.2, 0.25) is 0 Å². The summed E-state index contributed by atoms with van der Waals surface area (Å²) in [4.78, 5) is 12.9. The quantitative estimate of drug-likeness (QED) is 0.787. The minimum Gasteiger partial charge on any atom is -0.395 e. The number of aliphatic hydroxyl groups excluding tert-OH is 1. The summed E-state index contributed by atoms with van der Waals surface area (Å²) in [7, 11) is 0. The van der Waals surface area contributed by atoms with Crippen LogP contribution in [0.25, 0.3) is 10.9 Å². The van der Waals surface area contributed by atoms with Crippen LogP contribution in [0.1, 0.15) is 48.9 Å². The summed E-state index contributed by atoms with van der Waals surface area (Å²) in [6, 6.07) is 5.90. The number of nitrogens with zero attached hydrogens (tertiary/aromatic N) is 1. The molecule has 5 heteroatoms. The third-order valence-electron chi connectivity index (χ3n) is 6.31. The lowest BCUT2D eigenvalue weighted by atomic mass is 9.61. The highest BCUT2D eigenvalue weighted by Crippen LogP contribution is 2.49. The number of halogens is 1. The van der Waals surface area contributed by atoms with Gasteiger partial charge < -0.3 is 15.0 Å². The molecular formula is C20H25BrN2O2. The first kappa shape index (κ1) is 17.1. The number of aliphatic hydroxyl groups is 1. The lowest BCUT2D eigenvalue weighted by Gasteiger charge is -2.46. The number of hydrogen-bond donors (Lipinski definition) is 2. The maximum atomic E-state index is 12.9. The van der Waals surface area contributed by atoms with E-state index in [9.17, 15) is 9.90 Å². The van der Waals surface area contributed by atoms with E-state index in [2.05, 4.69) is 21.2 Å². The fourth-order valence-corrected chi connectivity index (χ4v) is 5.34. The topological polar surface area (TPSA) is 54.3 Å². The van der Waals surface area contributed by atoms with Crippen LogP contribution in [0.5, 0.6) is 0 Å². The Kier molecular flexibility index (Phi) is 4.63. The molecule has 3 aliphatic rings. The molecule has 0 unspecified atom stereocenters. The number of fused-ring (bicyclic) bond motifs is 4. The van der Waals surface area contributed by atoms with Gasteiger partial charge in [0.15, 0.2) is 0 Å². The van der Waals surface area contributed by atoms with Crippen molar-refractivity contribution < 1.29 is 9.90 Å². The summed E-state index contributed by atoms with van der Waals surface area (Å²) in [6.07, 6.45) is 9.65. The molecule has 0 aliphatic heterocycles. The molecule has 0 atom stereocenters. The van der Waals surface area contributed by atoms with Crippen LogP contribution < -0.4 is 5.32 Å². The van der Waals surface area contributed by atoms with Crippen molar-refractivity contribution in [3.63, 3.8) is 0 Å². The van der Waals surface area contributed by atoms with Crippen LogP contribution in [0, 0.1) is 11.3 Å². The monoisotopic (exact) mass is 404 g/mol. The molecule has 2 N–H and O–H groups in total. The van der Waals surface area contributed by atoms with Gasteiger partial charge in [0.25, 0.3) is 5.91 Å². The van der Waals surface area contributed by atoms with Crippen molar-refractivity contribution in [2.24, 2.45) is 11.3 Å². The summed E-state index contributed by atoms with van der Waals surface area (Å²) >= 11 is 3.57. The smallest absolute Gasteiger partial charge is 0.253 e. The Bertz CT molecular complexity index is 777. The van der Waals surface area contributed by atoms with E-state index in [0.29, 0.717) is 17.5 Å². The average molecular weight is 405 g/mol. The highest BCUT2D eigenvalue weighted by Gasteiger charge is 2.40. The molecule has 1 aromatic heterocycles. The van der Waals surface area contributed by atoms with Gasteiger partial charge in [-0.25, -0.2) is 0 Å². The number of hydrogen-bond acceptors (Lipinski definition) is 2. The van der Waals surface area contributed by atoms with E-state index in [1.807, 2.05) is 29.0 Å². The Morgan fingerprint density at radius 1 is 1.28 bits per heavy atom. The molecule has 134 valence electrons.